The van der Waals surface area contributed by atoms with Crippen molar-refractivity contribution < 1.29 is 4.79 Å². The van der Waals surface area contributed by atoms with Crippen LogP contribution < -0.4 is 5.32 Å². The molecule has 1 amide bonds. The summed E-state index contributed by atoms with van der Waals surface area (Å²) in [5, 5.41) is 11.0. The van der Waals surface area contributed by atoms with E-state index in [2.05, 4.69) is 10.3 Å². The van der Waals surface area contributed by atoms with Crippen LogP contribution in [0.2, 0.25) is 0 Å². The van der Waals surface area contributed by atoms with Crippen molar-refractivity contribution in [3.8, 4) is 6.07 Å². The van der Waals surface area contributed by atoms with E-state index in [1.807, 2.05) is 25.1 Å². The largest absolute Gasteiger partial charge is 0.310 e. The fourth-order valence-corrected chi connectivity index (χ4v) is 1.43. The van der Waals surface area contributed by atoms with Gasteiger partial charge in [0.2, 0.25) is 5.91 Å². The highest BCUT2D eigenvalue weighted by Gasteiger charge is 2.02. The van der Waals surface area contributed by atoms with Crippen LogP contribution in [0.3, 0.4) is 0 Å². The maximum Gasteiger partial charge on any atom is 0.235 e. The Bertz CT molecular complexity index is 386. The third-order valence-corrected chi connectivity index (χ3v) is 2.36. The number of hydrogen-bond acceptors (Lipinski definition) is 4. The van der Waals surface area contributed by atoms with Crippen LogP contribution in [0.25, 0.3) is 0 Å². The second-order valence-corrected chi connectivity index (χ2v) is 3.85. The normalized spacial score (nSPS) is 9.33. The highest BCUT2D eigenvalue weighted by molar-refractivity contribution is 8.00. The van der Waals surface area contributed by atoms with Crippen molar-refractivity contribution in [3.05, 3.63) is 23.9 Å². The number of aromatic nitrogens is 1. The maximum absolute atomic E-state index is 11.3. The molecule has 15 heavy (non-hydrogen) atoms. The number of nitriles is 1. The molecule has 0 unspecified atom stereocenters. The Labute approximate surface area is 92.7 Å². The maximum atomic E-state index is 11.3. The minimum Gasteiger partial charge on any atom is -0.310 e. The van der Waals surface area contributed by atoms with Crippen molar-refractivity contribution in [1.82, 2.24) is 4.98 Å². The van der Waals surface area contributed by atoms with Gasteiger partial charge in [-0.15, -0.1) is 11.8 Å². The van der Waals surface area contributed by atoms with Crippen LogP contribution in [0.5, 0.6) is 0 Å². The van der Waals surface area contributed by atoms with Crippen LogP contribution in [0.15, 0.2) is 18.2 Å². The van der Waals surface area contributed by atoms with E-state index in [-0.39, 0.29) is 11.7 Å². The molecule has 1 rings (SSSR count). The molecule has 1 aromatic rings. The van der Waals surface area contributed by atoms with Crippen molar-refractivity contribution in [2.45, 2.75) is 6.92 Å². The fraction of sp³-hybridized carbons (Fsp3) is 0.300. The number of carbonyl (C=O) groups excluding carboxylic acids is 1. The summed E-state index contributed by atoms with van der Waals surface area (Å²) in [5.74, 6) is 1.03. The SMILES string of the molecule is Cc1cccc(NC(=O)CSCC#N)n1. The lowest BCUT2D eigenvalue weighted by Gasteiger charge is -2.03. The van der Waals surface area contributed by atoms with Crippen LogP contribution in [0.1, 0.15) is 5.69 Å². The minimum absolute atomic E-state index is 0.131. The van der Waals surface area contributed by atoms with E-state index < -0.39 is 0 Å². The first-order valence-corrected chi connectivity index (χ1v) is 5.56. The summed E-state index contributed by atoms with van der Waals surface area (Å²) < 4.78 is 0. The van der Waals surface area contributed by atoms with E-state index >= 15 is 0 Å². The summed E-state index contributed by atoms with van der Waals surface area (Å²) >= 11 is 1.28. The lowest BCUT2D eigenvalue weighted by molar-refractivity contribution is -0.113. The molecule has 0 saturated carbocycles. The van der Waals surface area contributed by atoms with Crippen molar-refractivity contribution in [2.75, 3.05) is 16.8 Å². The second-order valence-electron chi connectivity index (χ2n) is 2.86. The number of hydrogen-bond donors (Lipinski definition) is 1. The van der Waals surface area contributed by atoms with Crippen LogP contribution in [-0.2, 0) is 4.79 Å². The third kappa shape index (κ3) is 4.47. The van der Waals surface area contributed by atoms with Gasteiger partial charge < -0.3 is 5.32 Å². The van der Waals surface area contributed by atoms with Crippen LogP contribution in [0.4, 0.5) is 5.82 Å². The summed E-state index contributed by atoms with van der Waals surface area (Å²) in [7, 11) is 0. The van der Waals surface area contributed by atoms with Crippen molar-refractivity contribution >= 4 is 23.5 Å². The zero-order valence-electron chi connectivity index (χ0n) is 8.36. The van der Waals surface area contributed by atoms with Gasteiger partial charge in [0.15, 0.2) is 0 Å². The quantitative estimate of drug-likeness (QED) is 0.784. The van der Waals surface area contributed by atoms with Gasteiger partial charge in [-0.3, -0.25) is 4.79 Å². The first-order chi connectivity index (χ1) is 7.22. The number of nitrogens with one attached hydrogen (secondary N) is 1. The number of carbonyl (C=O) groups is 1. The topological polar surface area (TPSA) is 65.8 Å². The van der Waals surface area contributed by atoms with Gasteiger partial charge in [-0.1, -0.05) is 6.07 Å². The predicted molar refractivity (Wildman–Crippen MR) is 60.5 cm³/mol. The molecule has 0 spiro atoms. The molecule has 1 aromatic heterocycles. The molecule has 0 aromatic carbocycles. The van der Waals surface area contributed by atoms with Crippen molar-refractivity contribution in [1.29, 1.82) is 5.26 Å². The Morgan fingerprint density at radius 3 is 3.13 bits per heavy atom. The molecule has 0 bridgehead atoms. The van der Waals surface area contributed by atoms with Gasteiger partial charge in [0.25, 0.3) is 0 Å². The molecule has 0 radical (unpaired) electrons. The van der Waals surface area contributed by atoms with Gasteiger partial charge in [0, 0.05) is 5.69 Å². The average molecular weight is 221 g/mol. The molecule has 0 aliphatic carbocycles. The number of rotatable bonds is 4. The van der Waals surface area contributed by atoms with Crippen molar-refractivity contribution in [3.63, 3.8) is 0 Å². The number of pyridine rings is 1. The molecule has 78 valence electrons. The fourth-order valence-electron chi connectivity index (χ4n) is 0.981. The van der Waals surface area contributed by atoms with Gasteiger partial charge in [-0.25, -0.2) is 4.98 Å². The Morgan fingerprint density at radius 2 is 2.47 bits per heavy atom. The highest BCUT2D eigenvalue weighted by Crippen LogP contribution is 2.05. The highest BCUT2D eigenvalue weighted by atomic mass is 32.2. The molecule has 0 fully saturated rings. The number of aryl methyl sites for hydroxylation is 1. The molecule has 0 aliphatic heterocycles. The zero-order chi connectivity index (χ0) is 11.1. The zero-order valence-corrected chi connectivity index (χ0v) is 9.17. The van der Waals surface area contributed by atoms with Gasteiger partial charge in [-0.2, -0.15) is 5.26 Å². The molecule has 4 nitrogen and oxygen atoms in total. The standard InChI is InChI=1S/C10H11N3OS/c1-8-3-2-4-9(12-8)13-10(14)7-15-6-5-11/h2-4H,6-7H2,1H3,(H,12,13,14). The number of nitrogens with zero attached hydrogens (tertiary/aromatic N) is 2. The molecular formula is C10H11N3OS. The molecule has 0 atom stereocenters. The Balaban J connectivity index is 2.42. The summed E-state index contributed by atoms with van der Waals surface area (Å²) in [5.41, 5.74) is 0.859. The molecule has 1 N–H and O–H groups in total. The van der Waals surface area contributed by atoms with Crippen LogP contribution >= 0.6 is 11.8 Å². The lowest BCUT2D eigenvalue weighted by Crippen LogP contribution is -2.15. The lowest BCUT2D eigenvalue weighted by atomic mass is 10.4. The number of anilines is 1. The summed E-state index contributed by atoms with van der Waals surface area (Å²) in [6.45, 7) is 1.86. The van der Waals surface area contributed by atoms with E-state index in [9.17, 15) is 4.79 Å². The van der Waals surface area contributed by atoms with E-state index in [1.165, 1.54) is 11.8 Å². The predicted octanol–water partition coefficient (Wildman–Crippen LogP) is 1.59. The van der Waals surface area contributed by atoms with E-state index in [0.717, 1.165) is 5.69 Å². The number of amides is 1. The summed E-state index contributed by atoms with van der Waals surface area (Å²) in [6.07, 6.45) is 0. The van der Waals surface area contributed by atoms with Gasteiger partial charge in [0.05, 0.1) is 17.6 Å². The van der Waals surface area contributed by atoms with Crippen LogP contribution in [-0.4, -0.2) is 22.4 Å². The Morgan fingerprint density at radius 1 is 1.67 bits per heavy atom. The summed E-state index contributed by atoms with van der Waals surface area (Å²) in [6, 6.07) is 7.39. The number of thioether (sulfide) groups is 1. The van der Waals surface area contributed by atoms with E-state index in [1.54, 1.807) is 6.07 Å². The molecule has 0 aliphatic rings. The average Bonchev–Trinajstić information content (AvgIpc) is 2.18. The second kappa shape index (κ2) is 6.04. The first-order valence-electron chi connectivity index (χ1n) is 4.40. The molecule has 1 heterocycles. The Kier molecular flexibility index (Phi) is 4.64. The smallest absolute Gasteiger partial charge is 0.235 e. The third-order valence-electron chi connectivity index (χ3n) is 1.56. The van der Waals surface area contributed by atoms with Gasteiger partial charge >= 0.3 is 0 Å². The summed E-state index contributed by atoms with van der Waals surface area (Å²) in [4.78, 5) is 15.5. The molecule has 5 heteroatoms. The van der Waals surface area contributed by atoms with Gasteiger partial charge in [0.1, 0.15) is 5.82 Å². The van der Waals surface area contributed by atoms with Gasteiger partial charge in [-0.05, 0) is 19.1 Å². The Hall–Kier alpha value is -1.54. The van der Waals surface area contributed by atoms with E-state index in [0.29, 0.717) is 11.6 Å². The van der Waals surface area contributed by atoms with E-state index in [4.69, 9.17) is 5.26 Å². The monoisotopic (exact) mass is 221 g/mol. The first kappa shape index (κ1) is 11.5. The minimum atomic E-state index is -0.131. The molecule has 0 saturated heterocycles. The van der Waals surface area contributed by atoms with Crippen molar-refractivity contribution in [2.24, 2.45) is 0 Å². The molecular weight excluding hydrogens is 210 g/mol. The van der Waals surface area contributed by atoms with Crippen LogP contribution in [0, 0.1) is 18.3 Å².